The predicted octanol–water partition coefficient (Wildman–Crippen LogP) is 2.20. The van der Waals surface area contributed by atoms with Crippen molar-refractivity contribution in [2.24, 2.45) is 5.16 Å². The summed E-state index contributed by atoms with van der Waals surface area (Å²) in [6, 6.07) is 4.75. The Labute approximate surface area is 194 Å². The number of oxime groups is 1. The van der Waals surface area contributed by atoms with Crippen LogP contribution >= 0.6 is 22.6 Å². The number of anilines is 2. The molecule has 0 atom stereocenters. The minimum atomic E-state index is -1.58. The average Bonchev–Trinajstić information content (AvgIpc) is 2.77. The van der Waals surface area contributed by atoms with Gasteiger partial charge in [-0.25, -0.2) is 18.7 Å². The highest BCUT2D eigenvalue weighted by Gasteiger charge is 2.28. The number of likely N-dealkylation sites (N-methyl/N-ethyl adjacent to an activating group) is 1. The van der Waals surface area contributed by atoms with Crippen molar-refractivity contribution < 1.29 is 37.5 Å². The summed E-state index contributed by atoms with van der Waals surface area (Å²) in [5.41, 5.74) is -0.890. The van der Waals surface area contributed by atoms with Gasteiger partial charge in [0.1, 0.15) is 12.9 Å². The number of carbonyl (C=O) groups excluding carboxylic acids is 2. The normalized spacial score (nSPS) is 11.2. The maximum absolute atomic E-state index is 15.1. The number of halogens is 4. The number of benzene rings is 2. The van der Waals surface area contributed by atoms with Gasteiger partial charge < -0.3 is 20.6 Å². The maximum atomic E-state index is 15.1. The fourth-order valence-electron chi connectivity index (χ4n) is 2.47. The molecule has 2 aromatic rings. The number of aliphatic hydroxyl groups is 1. The Morgan fingerprint density at radius 1 is 1.16 bits per heavy atom. The van der Waals surface area contributed by atoms with Gasteiger partial charge in [-0.3, -0.25) is 14.4 Å². The van der Waals surface area contributed by atoms with E-state index >= 15 is 4.39 Å². The molecule has 2 aromatic carbocycles. The zero-order chi connectivity index (χ0) is 23.8. The lowest BCUT2D eigenvalue weighted by Crippen LogP contribution is -2.31. The maximum Gasteiger partial charge on any atom is 0.277 e. The summed E-state index contributed by atoms with van der Waals surface area (Å²) in [5, 5.41) is 16.7. The van der Waals surface area contributed by atoms with Crippen LogP contribution in [0.1, 0.15) is 15.9 Å². The molecule has 0 aliphatic rings. The van der Waals surface area contributed by atoms with Gasteiger partial charge in [0.25, 0.3) is 11.8 Å². The van der Waals surface area contributed by atoms with Gasteiger partial charge in [-0.15, -0.1) is 0 Å². The third kappa shape index (κ3) is 5.86. The zero-order valence-corrected chi connectivity index (χ0v) is 18.9. The van der Waals surface area contributed by atoms with Crippen molar-refractivity contribution in [1.82, 2.24) is 10.8 Å². The molecule has 0 aromatic heterocycles. The summed E-state index contributed by atoms with van der Waals surface area (Å²) in [5.74, 6) is -5.89. The van der Waals surface area contributed by atoms with Crippen LogP contribution in [0.5, 0.6) is 0 Å². The summed E-state index contributed by atoms with van der Waals surface area (Å²) in [4.78, 5) is 33.9. The van der Waals surface area contributed by atoms with Crippen LogP contribution in [0.2, 0.25) is 0 Å². The van der Waals surface area contributed by atoms with Gasteiger partial charge in [0, 0.05) is 16.2 Å². The van der Waals surface area contributed by atoms with Gasteiger partial charge in [-0.2, -0.15) is 0 Å². The Morgan fingerprint density at radius 3 is 2.47 bits per heavy atom. The van der Waals surface area contributed by atoms with Crippen LogP contribution < -0.4 is 16.1 Å². The van der Waals surface area contributed by atoms with E-state index in [1.54, 1.807) is 0 Å². The molecule has 0 fully saturated rings. The van der Waals surface area contributed by atoms with E-state index in [9.17, 15) is 18.4 Å². The molecule has 0 aliphatic carbocycles. The van der Waals surface area contributed by atoms with Crippen molar-refractivity contribution in [1.29, 1.82) is 0 Å². The highest BCUT2D eigenvalue weighted by Crippen LogP contribution is 2.31. The number of hydrogen-bond donors (Lipinski definition) is 4. The molecular formula is C19H18F3IN4O5. The van der Waals surface area contributed by atoms with Gasteiger partial charge in [-0.05, 0) is 46.9 Å². The second-order valence-corrected chi connectivity index (χ2v) is 7.17. The van der Waals surface area contributed by atoms with E-state index in [1.165, 1.54) is 19.2 Å². The third-order valence-electron chi connectivity index (χ3n) is 3.88. The lowest BCUT2D eigenvalue weighted by Gasteiger charge is -2.17. The van der Waals surface area contributed by atoms with E-state index in [1.807, 2.05) is 28.1 Å². The van der Waals surface area contributed by atoms with Crippen LogP contribution in [0.4, 0.5) is 24.5 Å². The summed E-state index contributed by atoms with van der Waals surface area (Å²) >= 11 is 1.86. The van der Waals surface area contributed by atoms with Crippen molar-refractivity contribution in [3.05, 3.63) is 56.4 Å². The van der Waals surface area contributed by atoms with Crippen molar-refractivity contribution >= 4 is 51.5 Å². The molecule has 13 heteroatoms. The molecule has 4 N–H and O–H groups in total. The quantitative estimate of drug-likeness (QED) is 0.160. The van der Waals surface area contributed by atoms with Gasteiger partial charge in [0.2, 0.25) is 0 Å². The predicted molar refractivity (Wildman–Crippen MR) is 117 cm³/mol. The lowest BCUT2D eigenvalue weighted by atomic mass is 10.0. The van der Waals surface area contributed by atoms with Crippen molar-refractivity contribution in [3.63, 3.8) is 0 Å². The first-order chi connectivity index (χ1) is 15.2. The van der Waals surface area contributed by atoms with Crippen LogP contribution in [-0.4, -0.2) is 50.0 Å². The molecule has 32 heavy (non-hydrogen) atoms. The van der Waals surface area contributed by atoms with Gasteiger partial charge in [0.15, 0.2) is 17.3 Å². The molecule has 9 nitrogen and oxygen atoms in total. The summed E-state index contributed by atoms with van der Waals surface area (Å²) in [6.45, 7) is -0.713. The number of rotatable bonds is 9. The number of aliphatic hydroxyl groups excluding tert-OH is 1. The average molecular weight is 566 g/mol. The summed E-state index contributed by atoms with van der Waals surface area (Å²) in [7, 11) is 2.32. The number of nitrogens with one attached hydrogen (secondary N) is 3. The molecular weight excluding hydrogens is 548 g/mol. The van der Waals surface area contributed by atoms with Crippen LogP contribution in [0.25, 0.3) is 0 Å². The fourth-order valence-corrected chi connectivity index (χ4v) is 2.92. The van der Waals surface area contributed by atoms with E-state index in [0.29, 0.717) is 3.57 Å². The number of hydrogen-bond acceptors (Lipinski definition) is 7. The number of nitrogens with zero attached hydrogens (tertiary/aromatic N) is 1. The van der Waals surface area contributed by atoms with Crippen molar-refractivity contribution in [2.75, 3.05) is 32.7 Å². The molecule has 2 amide bonds. The van der Waals surface area contributed by atoms with Gasteiger partial charge >= 0.3 is 0 Å². The molecule has 0 bridgehead atoms. The van der Waals surface area contributed by atoms with Gasteiger partial charge in [0.05, 0.1) is 30.2 Å². The molecule has 0 heterocycles. The molecule has 172 valence electrons. The molecule has 0 spiro atoms. The van der Waals surface area contributed by atoms with Gasteiger partial charge in [-0.1, -0.05) is 5.16 Å². The Bertz CT molecular complexity index is 1050. The number of hydroxylamine groups is 1. The second kappa shape index (κ2) is 11.6. The van der Waals surface area contributed by atoms with E-state index in [2.05, 4.69) is 20.6 Å². The third-order valence-corrected chi connectivity index (χ3v) is 4.55. The Kier molecular flexibility index (Phi) is 9.22. The second-order valence-electron chi connectivity index (χ2n) is 5.93. The molecule has 0 unspecified atom stereocenters. The highest BCUT2D eigenvalue weighted by atomic mass is 127. The topological polar surface area (TPSA) is 121 Å². The minimum Gasteiger partial charge on any atom is -0.398 e. The first-order valence-corrected chi connectivity index (χ1v) is 9.93. The Balaban J connectivity index is 2.68. The standard InChI is InChI=1S/C19H18F3IN4O5/c1-24-19(30)17(26-31-2)10-8-11(18(29)27-32-6-5-28)16(15(22)14(10)21)25-13-4-3-9(23)7-12(13)20/h3-4,7-8,25,28H,5-6H2,1-2H3,(H,24,30)(H,27,29)/b26-17+. The molecule has 0 saturated carbocycles. The smallest absolute Gasteiger partial charge is 0.277 e. The Hall–Kier alpha value is -2.91. The zero-order valence-electron chi connectivity index (χ0n) is 16.8. The largest absolute Gasteiger partial charge is 0.398 e. The monoisotopic (exact) mass is 566 g/mol. The van der Waals surface area contributed by atoms with E-state index in [0.717, 1.165) is 19.2 Å². The van der Waals surface area contributed by atoms with Crippen LogP contribution in [0.15, 0.2) is 29.4 Å². The first kappa shape index (κ1) is 25.4. The van der Waals surface area contributed by atoms with E-state index in [-0.39, 0.29) is 12.3 Å². The van der Waals surface area contributed by atoms with E-state index in [4.69, 9.17) is 9.94 Å². The number of amides is 2. The first-order valence-electron chi connectivity index (χ1n) is 8.85. The SMILES string of the molecule is CNC(=O)/C(=N/OC)c1cc(C(=O)NOCCO)c(Nc2ccc(I)cc2F)c(F)c1F. The Morgan fingerprint density at radius 2 is 1.88 bits per heavy atom. The van der Waals surface area contributed by atoms with Crippen LogP contribution in [0.3, 0.4) is 0 Å². The summed E-state index contributed by atoms with van der Waals surface area (Å²) in [6.07, 6.45) is 0. The van der Waals surface area contributed by atoms with E-state index < -0.39 is 58.4 Å². The highest BCUT2D eigenvalue weighted by molar-refractivity contribution is 14.1. The molecule has 0 saturated heterocycles. The fraction of sp³-hybridized carbons (Fsp3) is 0.211. The summed E-state index contributed by atoms with van der Waals surface area (Å²) < 4.78 is 44.8. The minimum absolute atomic E-state index is 0.237. The van der Waals surface area contributed by atoms with Crippen LogP contribution in [0, 0.1) is 21.0 Å². The van der Waals surface area contributed by atoms with Crippen molar-refractivity contribution in [2.45, 2.75) is 0 Å². The lowest BCUT2D eigenvalue weighted by molar-refractivity contribution is -0.114. The molecule has 0 aliphatic heterocycles. The van der Waals surface area contributed by atoms with Crippen LogP contribution in [-0.2, 0) is 14.5 Å². The molecule has 2 rings (SSSR count). The van der Waals surface area contributed by atoms with Crippen molar-refractivity contribution in [3.8, 4) is 0 Å². The molecule has 0 radical (unpaired) electrons. The number of carbonyl (C=O) groups is 2.